The van der Waals surface area contributed by atoms with Gasteiger partial charge >= 0.3 is 0 Å². The highest BCUT2D eigenvalue weighted by Crippen LogP contribution is 2.30. The number of hydrogen-bond acceptors (Lipinski definition) is 1. The Balaban J connectivity index is 2.98. The van der Waals surface area contributed by atoms with Crippen LogP contribution in [0.25, 0.3) is 0 Å². The van der Waals surface area contributed by atoms with Gasteiger partial charge in [0.25, 0.3) is 0 Å². The van der Waals surface area contributed by atoms with Crippen LogP contribution >= 0.6 is 0 Å². The van der Waals surface area contributed by atoms with Crippen LogP contribution in [-0.2, 0) is 0 Å². The van der Waals surface area contributed by atoms with E-state index in [4.69, 9.17) is 0 Å². The predicted octanol–water partition coefficient (Wildman–Crippen LogP) is 5.00. The van der Waals surface area contributed by atoms with Crippen LogP contribution in [0.2, 0.25) is 0 Å². The number of hydrogen-bond donors (Lipinski definition) is 1. The highest BCUT2D eigenvalue weighted by Gasteiger charge is 2.21. The van der Waals surface area contributed by atoms with Crippen LogP contribution in [0.5, 0.6) is 0 Å². The normalized spacial score (nSPS) is 12.9. The monoisotopic (exact) mass is 265 g/mol. The summed E-state index contributed by atoms with van der Waals surface area (Å²) in [5.41, 5.74) is 1.82. The Morgan fingerprint density at radius 3 is 2.21 bits per heavy atom. The first kappa shape index (κ1) is 16.2. The average Bonchev–Trinajstić information content (AvgIpc) is 2.39. The molecule has 0 bridgehead atoms. The topological polar surface area (TPSA) is 12.0 Å². The van der Waals surface area contributed by atoms with E-state index in [1.165, 1.54) is 25.7 Å². The van der Waals surface area contributed by atoms with E-state index in [1.54, 1.807) is 6.07 Å². The fourth-order valence-electron chi connectivity index (χ4n) is 2.80. The van der Waals surface area contributed by atoms with E-state index in [0.717, 1.165) is 17.7 Å². The zero-order chi connectivity index (χ0) is 14.3. The molecule has 0 spiro atoms. The predicted molar refractivity (Wildman–Crippen MR) is 80.9 cm³/mol. The minimum Gasteiger partial charge on any atom is -0.310 e. The lowest BCUT2D eigenvalue weighted by Gasteiger charge is -2.28. The fraction of sp³-hybridized carbons (Fsp3) is 0.647. The van der Waals surface area contributed by atoms with Gasteiger partial charge < -0.3 is 5.32 Å². The molecule has 0 fully saturated rings. The van der Waals surface area contributed by atoms with E-state index in [1.807, 2.05) is 13.0 Å². The average molecular weight is 265 g/mol. The van der Waals surface area contributed by atoms with Crippen molar-refractivity contribution in [1.29, 1.82) is 0 Å². The van der Waals surface area contributed by atoms with E-state index < -0.39 is 0 Å². The third-order valence-corrected chi connectivity index (χ3v) is 3.77. The largest absolute Gasteiger partial charge is 0.310 e. The number of benzene rings is 1. The number of halogens is 1. The van der Waals surface area contributed by atoms with Crippen molar-refractivity contribution in [3.63, 3.8) is 0 Å². The van der Waals surface area contributed by atoms with Crippen molar-refractivity contribution in [3.8, 4) is 0 Å². The third kappa shape index (κ3) is 4.61. The zero-order valence-electron chi connectivity index (χ0n) is 12.8. The van der Waals surface area contributed by atoms with Gasteiger partial charge in [0.2, 0.25) is 0 Å². The molecule has 108 valence electrons. The molecule has 0 aromatic heterocycles. The Hall–Kier alpha value is -0.890. The van der Waals surface area contributed by atoms with Crippen LogP contribution in [0.4, 0.5) is 4.39 Å². The quantitative estimate of drug-likeness (QED) is 0.697. The van der Waals surface area contributed by atoms with Crippen LogP contribution in [-0.4, -0.2) is 6.54 Å². The zero-order valence-corrected chi connectivity index (χ0v) is 12.8. The van der Waals surface area contributed by atoms with Gasteiger partial charge in [0.05, 0.1) is 0 Å². The molecule has 1 atom stereocenters. The maximum atomic E-state index is 13.8. The molecule has 1 nitrogen and oxygen atoms in total. The Kier molecular flexibility index (Phi) is 7.07. The summed E-state index contributed by atoms with van der Waals surface area (Å²) in [4.78, 5) is 0. The molecule has 2 heteroatoms. The van der Waals surface area contributed by atoms with Gasteiger partial charge in [-0.15, -0.1) is 0 Å². The van der Waals surface area contributed by atoms with Gasteiger partial charge in [0.15, 0.2) is 0 Å². The summed E-state index contributed by atoms with van der Waals surface area (Å²) >= 11 is 0. The first-order valence-corrected chi connectivity index (χ1v) is 7.63. The smallest absolute Gasteiger partial charge is 0.126 e. The van der Waals surface area contributed by atoms with Crippen LogP contribution in [0.1, 0.15) is 63.6 Å². The van der Waals surface area contributed by atoms with Gasteiger partial charge in [-0.2, -0.15) is 0 Å². The fourth-order valence-corrected chi connectivity index (χ4v) is 2.80. The maximum absolute atomic E-state index is 13.8. The van der Waals surface area contributed by atoms with Crippen molar-refractivity contribution >= 4 is 0 Å². The molecule has 1 N–H and O–H groups in total. The molecule has 1 unspecified atom stereocenters. The number of nitrogens with one attached hydrogen (secondary N) is 1. The minimum absolute atomic E-state index is 0.0906. The Morgan fingerprint density at radius 1 is 1.11 bits per heavy atom. The number of rotatable bonds is 8. The van der Waals surface area contributed by atoms with Crippen LogP contribution < -0.4 is 5.32 Å². The molecule has 0 saturated heterocycles. The second-order valence-corrected chi connectivity index (χ2v) is 5.38. The van der Waals surface area contributed by atoms with E-state index in [9.17, 15) is 4.39 Å². The van der Waals surface area contributed by atoms with Crippen molar-refractivity contribution in [2.75, 3.05) is 6.54 Å². The van der Waals surface area contributed by atoms with E-state index in [-0.39, 0.29) is 11.9 Å². The molecule has 0 amide bonds. The van der Waals surface area contributed by atoms with Crippen molar-refractivity contribution in [3.05, 3.63) is 35.1 Å². The van der Waals surface area contributed by atoms with E-state index >= 15 is 0 Å². The van der Waals surface area contributed by atoms with Gasteiger partial charge in [0.1, 0.15) is 5.82 Å². The molecule has 0 radical (unpaired) electrons. The summed E-state index contributed by atoms with van der Waals surface area (Å²) in [5.74, 6) is 0.504. The molecule has 1 rings (SSSR count). The lowest BCUT2D eigenvalue weighted by atomic mass is 9.86. The Labute approximate surface area is 117 Å². The standard InChI is InChI=1S/C17H28FN/c1-5-8-14(9-6-2)17(19-7-3)15-11-10-13(4)16(18)12-15/h10-12,14,17,19H,5-9H2,1-4H3. The summed E-state index contributed by atoms with van der Waals surface area (Å²) < 4.78 is 13.8. The van der Waals surface area contributed by atoms with Gasteiger partial charge in [-0.25, -0.2) is 4.39 Å². The van der Waals surface area contributed by atoms with Gasteiger partial charge in [-0.3, -0.25) is 0 Å². The summed E-state index contributed by atoms with van der Waals surface area (Å²) in [6, 6.07) is 5.95. The van der Waals surface area contributed by atoms with Gasteiger partial charge in [-0.05, 0) is 49.4 Å². The third-order valence-electron chi connectivity index (χ3n) is 3.77. The Bertz CT molecular complexity index is 370. The maximum Gasteiger partial charge on any atom is 0.126 e. The second kappa shape index (κ2) is 8.31. The highest BCUT2D eigenvalue weighted by atomic mass is 19.1. The van der Waals surface area contributed by atoms with Crippen LogP contribution in [0.15, 0.2) is 18.2 Å². The van der Waals surface area contributed by atoms with Crippen LogP contribution in [0.3, 0.4) is 0 Å². The SMILES string of the molecule is CCCC(CCC)C(NCC)c1ccc(C)c(F)c1. The molecular formula is C17H28FN. The van der Waals surface area contributed by atoms with Gasteiger partial charge in [0, 0.05) is 6.04 Å². The molecular weight excluding hydrogens is 237 g/mol. The molecule has 19 heavy (non-hydrogen) atoms. The molecule has 0 saturated carbocycles. The summed E-state index contributed by atoms with van der Waals surface area (Å²) in [6.45, 7) is 9.30. The molecule has 1 aromatic rings. The van der Waals surface area contributed by atoms with Crippen molar-refractivity contribution in [1.82, 2.24) is 5.32 Å². The lowest BCUT2D eigenvalue weighted by Crippen LogP contribution is -2.28. The summed E-state index contributed by atoms with van der Waals surface area (Å²) in [6.07, 6.45) is 4.75. The van der Waals surface area contributed by atoms with Crippen molar-refractivity contribution < 1.29 is 4.39 Å². The van der Waals surface area contributed by atoms with Crippen molar-refractivity contribution in [2.24, 2.45) is 5.92 Å². The Morgan fingerprint density at radius 2 is 1.74 bits per heavy atom. The molecule has 0 heterocycles. The molecule has 1 aromatic carbocycles. The van der Waals surface area contributed by atoms with Gasteiger partial charge in [-0.1, -0.05) is 45.7 Å². The van der Waals surface area contributed by atoms with Crippen LogP contribution in [0, 0.1) is 18.7 Å². The van der Waals surface area contributed by atoms with E-state index in [0.29, 0.717) is 5.92 Å². The summed E-state index contributed by atoms with van der Waals surface area (Å²) in [7, 11) is 0. The minimum atomic E-state index is -0.0906. The lowest BCUT2D eigenvalue weighted by molar-refractivity contribution is 0.319. The molecule has 0 aliphatic heterocycles. The van der Waals surface area contributed by atoms with Crippen molar-refractivity contribution in [2.45, 2.75) is 59.4 Å². The first-order chi connectivity index (χ1) is 9.13. The number of aryl methyl sites for hydroxylation is 1. The molecule has 0 aliphatic carbocycles. The second-order valence-electron chi connectivity index (χ2n) is 5.38. The molecule has 0 aliphatic rings. The first-order valence-electron chi connectivity index (χ1n) is 7.63. The highest BCUT2D eigenvalue weighted by molar-refractivity contribution is 5.26. The van der Waals surface area contributed by atoms with E-state index in [2.05, 4.69) is 32.2 Å². The summed E-state index contributed by atoms with van der Waals surface area (Å²) in [5, 5.41) is 3.55.